The molecule has 2 atom stereocenters. The lowest BCUT2D eigenvalue weighted by atomic mass is 9.72. The van der Waals surface area contributed by atoms with Crippen molar-refractivity contribution >= 4 is 28.0 Å². The Labute approximate surface area is 189 Å². The molecule has 1 aliphatic rings. The molecular formula is C25H21BrO5. The number of halogens is 1. The minimum absolute atomic E-state index is 0.110. The molecule has 0 aromatic heterocycles. The second kappa shape index (κ2) is 8.55. The largest absolute Gasteiger partial charge is 0.496 e. The van der Waals surface area contributed by atoms with E-state index in [9.17, 15) is 9.59 Å². The molecule has 0 unspecified atom stereocenters. The smallest absolute Gasteiger partial charge is 0.219 e. The third-order valence-corrected chi connectivity index (χ3v) is 6.16. The molecule has 3 aromatic rings. The van der Waals surface area contributed by atoms with Crippen LogP contribution in [0.25, 0.3) is 0 Å². The Kier molecular flexibility index (Phi) is 5.83. The molecule has 158 valence electrons. The number of aldehydes is 1. The second-order valence-electron chi connectivity index (χ2n) is 7.24. The summed E-state index contributed by atoms with van der Waals surface area (Å²) in [5, 5.41) is 0. The highest BCUT2D eigenvalue weighted by Gasteiger charge is 2.56. The van der Waals surface area contributed by atoms with Crippen molar-refractivity contribution in [2.45, 2.75) is 17.9 Å². The van der Waals surface area contributed by atoms with Crippen LogP contribution in [0.2, 0.25) is 0 Å². The highest BCUT2D eigenvalue weighted by atomic mass is 79.9. The van der Waals surface area contributed by atoms with Gasteiger partial charge in [-0.3, -0.25) is 4.79 Å². The first-order valence-electron chi connectivity index (χ1n) is 9.79. The fourth-order valence-electron chi connectivity index (χ4n) is 4.19. The number of ether oxygens (including phenoxy) is 3. The minimum Gasteiger partial charge on any atom is -0.496 e. The Morgan fingerprint density at radius 2 is 1.74 bits per heavy atom. The first-order chi connectivity index (χ1) is 15.0. The van der Waals surface area contributed by atoms with Gasteiger partial charge in [-0.2, -0.15) is 0 Å². The molecule has 1 aliphatic heterocycles. The van der Waals surface area contributed by atoms with E-state index in [1.807, 2.05) is 54.6 Å². The zero-order valence-electron chi connectivity index (χ0n) is 17.1. The number of benzene rings is 3. The molecule has 0 saturated carbocycles. The SMILES string of the molecule is COc1cc(OC)c2c(c1)O[C@@](c1ccc(Br)cc1)([C@@H](CC=O)c1ccccc1)C2=O. The number of hydrogen-bond acceptors (Lipinski definition) is 5. The molecule has 0 N–H and O–H groups in total. The maximum atomic E-state index is 14.1. The van der Waals surface area contributed by atoms with E-state index < -0.39 is 11.5 Å². The number of ketones is 1. The van der Waals surface area contributed by atoms with Crippen LogP contribution < -0.4 is 14.2 Å². The van der Waals surface area contributed by atoms with Crippen LogP contribution in [0.1, 0.15) is 33.8 Å². The van der Waals surface area contributed by atoms with Crippen molar-refractivity contribution in [3.8, 4) is 17.2 Å². The number of Topliss-reactive ketones (excluding diaryl/α,β-unsaturated/α-hetero) is 1. The van der Waals surface area contributed by atoms with Gasteiger partial charge < -0.3 is 19.0 Å². The summed E-state index contributed by atoms with van der Waals surface area (Å²) in [7, 11) is 3.04. The number of methoxy groups -OCH3 is 2. The summed E-state index contributed by atoms with van der Waals surface area (Å²) in [4.78, 5) is 25.9. The molecule has 0 aliphatic carbocycles. The Hall–Kier alpha value is -3.12. The van der Waals surface area contributed by atoms with E-state index in [-0.39, 0.29) is 12.2 Å². The van der Waals surface area contributed by atoms with Gasteiger partial charge in [-0.05, 0) is 17.7 Å². The predicted octanol–water partition coefficient (Wildman–Crippen LogP) is 5.31. The van der Waals surface area contributed by atoms with Crippen LogP contribution in [0, 0.1) is 0 Å². The first-order valence-corrected chi connectivity index (χ1v) is 10.6. The van der Waals surface area contributed by atoms with E-state index in [4.69, 9.17) is 14.2 Å². The molecule has 0 bridgehead atoms. The van der Waals surface area contributed by atoms with E-state index in [1.165, 1.54) is 7.11 Å². The Morgan fingerprint density at radius 1 is 1.03 bits per heavy atom. The third-order valence-electron chi connectivity index (χ3n) is 5.63. The Bertz CT molecular complexity index is 1110. The number of hydrogen-bond donors (Lipinski definition) is 0. The summed E-state index contributed by atoms with van der Waals surface area (Å²) >= 11 is 3.45. The van der Waals surface area contributed by atoms with Crippen molar-refractivity contribution in [2.24, 2.45) is 0 Å². The van der Waals surface area contributed by atoms with Crippen LogP contribution in [0.15, 0.2) is 71.2 Å². The van der Waals surface area contributed by atoms with Gasteiger partial charge in [-0.25, -0.2) is 0 Å². The van der Waals surface area contributed by atoms with Gasteiger partial charge in [0, 0.05) is 34.5 Å². The normalized spacial score (nSPS) is 18.1. The summed E-state index contributed by atoms with van der Waals surface area (Å²) in [5.41, 5.74) is 0.418. The van der Waals surface area contributed by atoms with Crippen molar-refractivity contribution in [1.82, 2.24) is 0 Å². The van der Waals surface area contributed by atoms with Crippen molar-refractivity contribution in [2.75, 3.05) is 14.2 Å². The number of carbonyl (C=O) groups excluding carboxylic acids is 2. The van der Waals surface area contributed by atoms with Gasteiger partial charge in [0.15, 0.2) is 0 Å². The van der Waals surface area contributed by atoms with Gasteiger partial charge in [0.1, 0.15) is 29.1 Å². The topological polar surface area (TPSA) is 61.8 Å². The summed E-state index contributed by atoms with van der Waals surface area (Å²) in [6.07, 6.45) is 0.939. The van der Waals surface area contributed by atoms with Gasteiger partial charge in [0.25, 0.3) is 0 Å². The standard InChI is InChI=1S/C25H21BrO5/c1-29-19-14-21(30-2)23-22(15-19)31-25(24(23)28,17-8-10-18(26)11-9-17)20(12-13-27)16-6-4-3-5-7-16/h3-11,13-15,20H,12H2,1-2H3/t20-,25-/m0/s1. The van der Waals surface area contributed by atoms with Crippen LogP contribution in [0.5, 0.6) is 17.2 Å². The minimum atomic E-state index is -1.43. The molecule has 0 spiro atoms. The monoisotopic (exact) mass is 480 g/mol. The second-order valence-corrected chi connectivity index (χ2v) is 8.16. The van der Waals surface area contributed by atoms with Crippen LogP contribution in [0.4, 0.5) is 0 Å². The van der Waals surface area contributed by atoms with E-state index in [0.717, 1.165) is 16.3 Å². The summed E-state index contributed by atoms with van der Waals surface area (Å²) in [6.45, 7) is 0. The molecule has 31 heavy (non-hydrogen) atoms. The number of fused-ring (bicyclic) bond motifs is 1. The maximum absolute atomic E-state index is 14.1. The van der Waals surface area contributed by atoms with Crippen LogP contribution in [0.3, 0.4) is 0 Å². The Balaban J connectivity index is 1.99. The lowest BCUT2D eigenvalue weighted by Crippen LogP contribution is -2.43. The molecule has 3 aromatic carbocycles. The Morgan fingerprint density at radius 3 is 2.35 bits per heavy atom. The predicted molar refractivity (Wildman–Crippen MR) is 120 cm³/mol. The maximum Gasteiger partial charge on any atom is 0.219 e. The number of carbonyl (C=O) groups is 2. The average molecular weight is 481 g/mol. The molecule has 6 heteroatoms. The van der Waals surface area contributed by atoms with E-state index in [1.54, 1.807) is 19.2 Å². The molecule has 0 amide bonds. The van der Waals surface area contributed by atoms with Gasteiger partial charge in [-0.1, -0.05) is 58.4 Å². The quantitative estimate of drug-likeness (QED) is 0.428. The van der Waals surface area contributed by atoms with Crippen LogP contribution in [-0.2, 0) is 10.4 Å². The van der Waals surface area contributed by atoms with E-state index >= 15 is 0 Å². The molecule has 4 rings (SSSR count). The zero-order valence-corrected chi connectivity index (χ0v) is 18.7. The molecule has 0 fully saturated rings. The van der Waals surface area contributed by atoms with Gasteiger partial charge in [-0.15, -0.1) is 0 Å². The van der Waals surface area contributed by atoms with Crippen molar-refractivity contribution in [3.05, 3.63) is 87.9 Å². The molecule has 1 heterocycles. The molecule has 5 nitrogen and oxygen atoms in total. The fraction of sp³-hybridized carbons (Fsp3) is 0.200. The van der Waals surface area contributed by atoms with E-state index in [0.29, 0.717) is 28.4 Å². The third kappa shape index (κ3) is 3.51. The van der Waals surface area contributed by atoms with Crippen LogP contribution >= 0.6 is 15.9 Å². The lowest BCUT2D eigenvalue weighted by Gasteiger charge is -2.35. The van der Waals surface area contributed by atoms with Gasteiger partial charge in [0.05, 0.1) is 14.2 Å². The molecule has 0 radical (unpaired) electrons. The number of rotatable bonds is 7. The highest BCUT2D eigenvalue weighted by molar-refractivity contribution is 9.10. The molecular weight excluding hydrogens is 460 g/mol. The average Bonchev–Trinajstić information content (AvgIpc) is 3.10. The lowest BCUT2D eigenvalue weighted by molar-refractivity contribution is -0.109. The zero-order chi connectivity index (χ0) is 22.0. The van der Waals surface area contributed by atoms with Crippen molar-refractivity contribution in [1.29, 1.82) is 0 Å². The first kappa shape index (κ1) is 21.1. The van der Waals surface area contributed by atoms with Gasteiger partial charge >= 0.3 is 0 Å². The highest BCUT2D eigenvalue weighted by Crippen LogP contribution is 2.53. The van der Waals surface area contributed by atoms with Gasteiger partial charge in [0.2, 0.25) is 11.4 Å². The van der Waals surface area contributed by atoms with Crippen LogP contribution in [-0.4, -0.2) is 26.3 Å². The summed E-state index contributed by atoms with van der Waals surface area (Å²) < 4.78 is 18.2. The molecule has 0 saturated heterocycles. The fourth-order valence-corrected chi connectivity index (χ4v) is 4.46. The summed E-state index contributed by atoms with van der Waals surface area (Å²) in [5.74, 6) is 0.469. The van der Waals surface area contributed by atoms with Crippen molar-refractivity contribution < 1.29 is 23.8 Å². The van der Waals surface area contributed by atoms with E-state index in [2.05, 4.69) is 15.9 Å². The van der Waals surface area contributed by atoms with Crippen molar-refractivity contribution in [3.63, 3.8) is 0 Å². The summed E-state index contributed by atoms with van der Waals surface area (Å²) in [6, 6.07) is 20.2.